The Morgan fingerprint density at radius 1 is 1.29 bits per heavy atom. The third kappa shape index (κ3) is 3.42. The van der Waals surface area contributed by atoms with E-state index in [1.807, 2.05) is 37.3 Å². The molecule has 0 atom stereocenters. The molecule has 4 nitrogen and oxygen atoms in total. The second-order valence-electron chi connectivity index (χ2n) is 3.43. The second kappa shape index (κ2) is 5.63. The van der Waals surface area contributed by atoms with E-state index in [4.69, 9.17) is 0 Å². The number of nitrogens with zero attached hydrogens (tertiary/aromatic N) is 2. The molecular weight excluding hydrogens is 280 g/mol. The Morgan fingerprint density at radius 2 is 2.18 bits per heavy atom. The molecule has 0 amide bonds. The summed E-state index contributed by atoms with van der Waals surface area (Å²) in [6, 6.07) is 9.77. The van der Waals surface area contributed by atoms with Crippen LogP contribution in [0.2, 0.25) is 0 Å². The van der Waals surface area contributed by atoms with E-state index in [1.165, 1.54) is 0 Å². The van der Waals surface area contributed by atoms with Crippen LogP contribution in [0.3, 0.4) is 0 Å². The zero-order valence-corrected chi connectivity index (χ0v) is 11.0. The minimum Gasteiger partial charge on any atom is -0.354 e. The average molecular weight is 293 g/mol. The molecule has 0 unspecified atom stereocenters. The van der Waals surface area contributed by atoms with Gasteiger partial charge in [0.25, 0.3) is 0 Å². The fourth-order valence-electron chi connectivity index (χ4n) is 1.39. The summed E-state index contributed by atoms with van der Waals surface area (Å²) in [5, 5.41) is 6.30. The molecule has 2 rings (SSSR count). The Balaban J connectivity index is 2.15. The fourth-order valence-corrected chi connectivity index (χ4v) is 1.78. The predicted molar refractivity (Wildman–Crippen MR) is 73.6 cm³/mol. The van der Waals surface area contributed by atoms with Crippen molar-refractivity contribution < 1.29 is 0 Å². The van der Waals surface area contributed by atoms with Crippen LogP contribution in [0, 0.1) is 0 Å². The van der Waals surface area contributed by atoms with Gasteiger partial charge in [-0.3, -0.25) is 0 Å². The van der Waals surface area contributed by atoms with E-state index in [1.54, 1.807) is 6.20 Å². The van der Waals surface area contributed by atoms with Crippen molar-refractivity contribution in [1.82, 2.24) is 9.97 Å². The highest BCUT2D eigenvalue weighted by atomic mass is 79.9. The summed E-state index contributed by atoms with van der Waals surface area (Å²) in [6.07, 6.45) is 1.73. The quantitative estimate of drug-likeness (QED) is 0.907. The predicted octanol–water partition coefficient (Wildman–Crippen LogP) is 3.41. The Bertz CT molecular complexity index is 501. The molecule has 17 heavy (non-hydrogen) atoms. The summed E-state index contributed by atoms with van der Waals surface area (Å²) < 4.78 is 1.03. The van der Waals surface area contributed by atoms with Gasteiger partial charge < -0.3 is 10.6 Å². The normalized spacial score (nSPS) is 10.0. The minimum absolute atomic E-state index is 0.632. The first-order chi connectivity index (χ1) is 8.28. The summed E-state index contributed by atoms with van der Waals surface area (Å²) in [7, 11) is 0. The molecule has 1 aromatic carbocycles. The molecule has 88 valence electrons. The molecule has 0 saturated heterocycles. The van der Waals surface area contributed by atoms with E-state index < -0.39 is 0 Å². The van der Waals surface area contributed by atoms with Gasteiger partial charge in [-0.25, -0.2) is 4.98 Å². The number of halogens is 1. The van der Waals surface area contributed by atoms with Gasteiger partial charge in [0.15, 0.2) is 0 Å². The van der Waals surface area contributed by atoms with Gasteiger partial charge in [-0.15, -0.1) is 0 Å². The van der Waals surface area contributed by atoms with E-state index in [0.717, 1.165) is 22.5 Å². The van der Waals surface area contributed by atoms with E-state index in [-0.39, 0.29) is 0 Å². The van der Waals surface area contributed by atoms with Crippen LogP contribution in [0.5, 0.6) is 0 Å². The van der Waals surface area contributed by atoms with Crippen LogP contribution in [0.15, 0.2) is 41.0 Å². The van der Waals surface area contributed by atoms with Gasteiger partial charge in [0.1, 0.15) is 5.82 Å². The zero-order valence-electron chi connectivity index (χ0n) is 9.44. The first-order valence-electron chi connectivity index (χ1n) is 5.37. The highest BCUT2D eigenvalue weighted by molar-refractivity contribution is 9.10. The molecule has 1 aromatic heterocycles. The van der Waals surface area contributed by atoms with Gasteiger partial charge in [-0.1, -0.05) is 22.0 Å². The monoisotopic (exact) mass is 292 g/mol. The number of nitrogens with one attached hydrogen (secondary N) is 2. The van der Waals surface area contributed by atoms with Crippen LogP contribution in [0.25, 0.3) is 0 Å². The van der Waals surface area contributed by atoms with E-state index in [2.05, 4.69) is 36.5 Å². The Morgan fingerprint density at radius 3 is 2.94 bits per heavy atom. The maximum absolute atomic E-state index is 4.34. The van der Waals surface area contributed by atoms with E-state index in [9.17, 15) is 0 Å². The second-order valence-corrected chi connectivity index (χ2v) is 4.35. The maximum Gasteiger partial charge on any atom is 0.224 e. The van der Waals surface area contributed by atoms with Crippen molar-refractivity contribution in [2.45, 2.75) is 6.92 Å². The lowest BCUT2D eigenvalue weighted by atomic mass is 10.3. The molecule has 0 fully saturated rings. The number of hydrogen-bond donors (Lipinski definition) is 2. The standard InChI is InChI=1S/C12H13BrN4/c1-2-14-12-15-7-6-11(17-12)16-10-5-3-4-9(13)8-10/h3-8H,2H2,1H3,(H2,14,15,16,17). The van der Waals surface area contributed by atoms with Crippen molar-refractivity contribution in [1.29, 1.82) is 0 Å². The molecule has 5 heteroatoms. The van der Waals surface area contributed by atoms with Crippen molar-refractivity contribution >= 4 is 33.4 Å². The molecular formula is C12H13BrN4. The highest BCUT2D eigenvalue weighted by Gasteiger charge is 1.99. The summed E-state index contributed by atoms with van der Waals surface area (Å²) >= 11 is 3.43. The molecule has 0 aliphatic carbocycles. The molecule has 0 bridgehead atoms. The first-order valence-corrected chi connectivity index (χ1v) is 6.17. The molecule has 0 radical (unpaired) electrons. The van der Waals surface area contributed by atoms with Crippen molar-refractivity contribution in [2.75, 3.05) is 17.2 Å². The number of hydrogen-bond acceptors (Lipinski definition) is 4. The SMILES string of the molecule is CCNc1nccc(Nc2cccc(Br)c2)n1. The highest BCUT2D eigenvalue weighted by Crippen LogP contribution is 2.19. The summed E-state index contributed by atoms with van der Waals surface area (Å²) in [5.41, 5.74) is 0.987. The van der Waals surface area contributed by atoms with E-state index in [0.29, 0.717) is 5.95 Å². The van der Waals surface area contributed by atoms with Gasteiger partial charge in [0.05, 0.1) is 0 Å². The van der Waals surface area contributed by atoms with Crippen LogP contribution < -0.4 is 10.6 Å². The molecule has 0 spiro atoms. The molecule has 0 saturated carbocycles. The van der Waals surface area contributed by atoms with Crippen LogP contribution in [-0.4, -0.2) is 16.5 Å². The smallest absolute Gasteiger partial charge is 0.224 e. The summed E-state index contributed by atoms with van der Waals surface area (Å²) in [6.45, 7) is 2.82. The van der Waals surface area contributed by atoms with Gasteiger partial charge in [-0.05, 0) is 31.2 Å². The molecule has 2 N–H and O–H groups in total. The molecule has 0 aliphatic rings. The summed E-state index contributed by atoms with van der Waals surface area (Å²) in [5.74, 6) is 1.40. The van der Waals surface area contributed by atoms with Crippen LogP contribution >= 0.6 is 15.9 Å². The lowest BCUT2D eigenvalue weighted by molar-refractivity contribution is 1.09. The molecule has 2 aromatic rings. The number of benzene rings is 1. The van der Waals surface area contributed by atoms with Gasteiger partial charge in [0, 0.05) is 22.9 Å². The van der Waals surface area contributed by atoms with Crippen molar-refractivity contribution in [3.63, 3.8) is 0 Å². The van der Waals surface area contributed by atoms with Gasteiger partial charge in [0.2, 0.25) is 5.95 Å². The topological polar surface area (TPSA) is 49.8 Å². The van der Waals surface area contributed by atoms with E-state index >= 15 is 0 Å². The van der Waals surface area contributed by atoms with Gasteiger partial charge >= 0.3 is 0 Å². The third-order valence-corrected chi connectivity index (χ3v) is 2.58. The Labute approximate surface area is 109 Å². The Kier molecular flexibility index (Phi) is 3.93. The zero-order chi connectivity index (χ0) is 12.1. The molecule has 1 heterocycles. The Hall–Kier alpha value is -1.62. The number of rotatable bonds is 4. The lowest BCUT2D eigenvalue weighted by Gasteiger charge is -2.07. The van der Waals surface area contributed by atoms with Crippen molar-refractivity contribution in [3.8, 4) is 0 Å². The lowest BCUT2D eigenvalue weighted by Crippen LogP contribution is -2.03. The van der Waals surface area contributed by atoms with Crippen LogP contribution in [0.4, 0.5) is 17.5 Å². The number of anilines is 3. The minimum atomic E-state index is 0.632. The van der Waals surface area contributed by atoms with Gasteiger partial charge in [-0.2, -0.15) is 4.98 Å². The molecule has 0 aliphatic heterocycles. The number of aromatic nitrogens is 2. The average Bonchev–Trinajstić information content (AvgIpc) is 2.30. The fraction of sp³-hybridized carbons (Fsp3) is 0.167. The third-order valence-electron chi connectivity index (χ3n) is 2.09. The first kappa shape index (κ1) is 11.9. The largest absolute Gasteiger partial charge is 0.354 e. The van der Waals surface area contributed by atoms with Crippen LogP contribution in [0.1, 0.15) is 6.92 Å². The van der Waals surface area contributed by atoms with Crippen LogP contribution in [-0.2, 0) is 0 Å². The van der Waals surface area contributed by atoms with Crippen molar-refractivity contribution in [3.05, 3.63) is 41.0 Å². The summed E-state index contributed by atoms with van der Waals surface area (Å²) in [4.78, 5) is 8.46. The van der Waals surface area contributed by atoms with Crippen molar-refractivity contribution in [2.24, 2.45) is 0 Å². The maximum atomic E-state index is 4.34.